The van der Waals surface area contributed by atoms with E-state index in [1.165, 1.54) is 38.5 Å². The molecular formula is C15H36N2O3. The SMILES string of the molecule is CCC([NH3+])(CC)CC.CCC([NH3+])(CC)CC.O=C([O-])[O-]. The molecule has 5 heteroatoms. The molecular weight excluding hydrogens is 256 g/mol. The molecule has 20 heavy (non-hydrogen) atoms. The van der Waals surface area contributed by atoms with Gasteiger partial charge in [-0.1, -0.05) is 41.5 Å². The van der Waals surface area contributed by atoms with E-state index >= 15 is 0 Å². The van der Waals surface area contributed by atoms with Crippen LogP contribution in [0.4, 0.5) is 4.79 Å². The van der Waals surface area contributed by atoms with Crippen LogP contribution in [0, 0.1) is 0 Å². The van der Waals surface area contributed by atoms with Gasteiger partial charge in [-0.05, 0) is 44.7 Å². The van der Waals surface area contributed by atoms with Crippen LogP contribution in [0.25, 0.3) is 0 Å². The van der Waals surface area contributed by atoms with Crippen molar-refractivity contribution in [2.45, 2.75) is 91.1 Å². The smallest absolute Gasteiger partial charge is 0.0937 e. The average molecular weight is 292 g/mol. The Morgan fingerprint density at radius 1 is 0.700 bits per heavy atom. The van der Waals surface area contributed by atoms with E-state index in [1.54, 1.807) is 0 Å². The molecule has 0 aromatic heterocycles. The van der Waals surface area contributed by atoms with Crippen molar-refractivity contribution >= 4 is 6.16 Å². The van der Waals surface area contributed by atoms with Crippen LogP contribution in [0.3, 0.4) is 0 Å². The van der Waals surface area contributed by atoms with Crippen molar-refractivity contribution in [2.75, 3.05) is 0 Å². The Hall–Kier alpha value is -0.810. The first-order chi connectivity index (χ1) is 9.10. The lowest BCUT2D eigenvalue weighted by molar-refractivity contribution is -0.481. The van der Waals surface area contributed by atoms with Crippen LogP contribution < -0.4 is 21.7 Å². The molecule has 0 aromatic rings. The van der Waals surface area contributed by atoms with Gasteiger partial charge in [-0.2, -0.15) is 0 Å². The molecule has 0 amide bonds. The van der Waals surface area contributed by atoms with E-state index in [0.29, 0.717) is 11.1 Å². The quantitative estimate of drug-likeness (QED) is 0.714. The molecule has 0 aromatic carbocycles. The van der Waals surface area contributed by atoms with E-state index in [0.717, 1.165) is 0 Å². The number of hydrogen-bond donors (Lipinski definition) is 2. The predicted octanol–water partition coefficient (Wildman–Crippen LogP) is -0.0528. The van der Waals surface area contributed by atoms with Crippen LogP contribution in [0.1, 0.15) is 80.1 Å². The van der Waals surface area contributed by atoms with Gasteiger partial charge in [-0.15, -0.1) is 0 Å². The summed E-state index contributed by atoms with van der Waals surface area (Å²) in [5.41, 5.74) is 9.00. The molecule has 124 valence electrons. The normalized spacial score (nSPS) is 10.8. The molecule has 0 atom stereocenters. The van der Waals surface area contributed by atoms with Crippen molar-refractivity contribution in [3.8, 4) is 0 Å². The maximum absolute atomic E-state index is 8.33. The van der Waals surface area contributed by atoms with Crippen LogP contribution >= 0.6 is 0 Å². The Morgan fingerprint density at radius 3 is 0.800 bits per heavy atom. The number of carbonyl (C=O) groups is 1. The van der Waals surface area contributed by atoms with Crippen LogP contribution in [-0.2, 0) is 0 Å². The summed E-state index contributed by atoms with van der Waals surface area (Å²) in [7, 11) is 0. The van der Waals surface area contributed by atoms with Gasteiger partial charge in [0.15, 0.2) is 0 Å². The second kappa shape index (κ2) is 13.2. The summed E-state index contributed by atoms with van der Waals surface area (Å²) in [6.45, 7) is 13.3. The summed E-state index contributed by atoms with van der Waals surface area (Å²) < 4.78 is 0. The molecule has 6 N–H and O–H groups in total. The van der Waals surface area contributed by atoms with Gasteiger partial charge in [0.25, 0.3) is 0 Å². The van der Waals surface area contributed by atoms with E-state index < -0.39 is 6.16 Å². The molecule has 0 heterocycles. The second-order valence-corrected chi connectivity index (χ2v) is 5.37. The predicted molar refractivity (Wildman–Crippen MR) is 78.4 cm³/mol. The van der Waals surface area contributed by atoms with Gasteiger partial charge in [0.1, 0.15) is 0 Å². The number of hydrogen-bond acceptors (Lipinski definition) is 3. The Labute approximate surface area is 124 Å². The molecule has 0 unspecified atom stereocenters. The summed E-state index contributed by atoms with van der Waals surface area (Å²) in [6.07, 6.45) is 4.92. The largest absolute Gasteiger partial charge is 0.652 e. The van der Waals surface area contributed by atoms with Crippen LogP contribution in [0.15, 0.2) is 0 Å². The second-order valence-electron chi connectivity index (χ2n) is 5.37. The van der Waals surface area contributed by atoms with Crippen molar-refractivity contribution in [1.29, 1.82) is 0 Å². The molecule has 0 rings (SSSR count). The lowest BCUT2D eigenvalue weighted by Crippen LogP contribution is -2.71. The summed E-state index contributed by atoms with van der Waals surface area (Å²) in [5, 5.41) is 16.7. The fourth-order valence-electron chi connectivity index (χ4n) is 1.50. The van der Waals surface area contributed by atoms with E-state index in [-0.39, 0.29) is 0 Å². The monoisotopic (exact) mass is 292 g/mol. The first-order valence-corrected chi connectivity index (χ1v) is 7.68. The third-order valence-electron chi connectivity index (χ3n) is 4.50. The Morgan fingerprint density at radius 2 is 0.800 bits per heavy atom. The summed E-state index contributed by atoms with van der Waals surface area (Å²) in [5.74, 6) is 0. The van der Waals surface area contributed by atoms with Crippen molar-refractivity contribution < 1.29 is 26.5 Å². The minimum absolute atomic E-state index is 0.375. The molecule has 0 spiro atoms. The Balaban J connectivity index is -0.000000230. The lowest BCUT2D eigenvalue weighted by atomic mass is 9.92. The molecule has 5 nitrogen and oxygen atoms in total. The Bertz CT molecular complexity index is 187. The highest BCUT2D eigenvalue weighted by molar-refractivity contribution is 5.47. The molecule has 0 radical (unpaired) electrons. The van der Waals surface area contributed by atoms with Gasteiger partial charge in [-0.3, -0.25) is 0 Å². The first-order valence-electron chi connectivity index (χ1n) is 7.68. The minimum Gasteiger partial charge on any atom is -0.652 e. The molecule has 0 bridgehead atoms. The number of carboxylic acid groups (broad SMARTS) is 2. The fraction of sp³-hybridized carbons (Fsp3) is 0.933. The first kappa shape index (κ1) is 24.2. The number of rotatable bonds is 6. The zero-order chi connectivity index (χ0) is 16.8. The van der Waals surface area contributed by atoms with Crippen LogP contribution in [0.5, 0.6) is 0 Å². The number of quaternary nitrogens is 2. The zero-order valence-electron chi connectivity index (χ0n) is 14.4. The third kappa shape index (κ3) is 15.2. The molecule has 0 fully saturated rings. The van der Waals surface area contributed by atoms with Crippen molar-refractivity contribution in [2.24, 2.45) is 0 Å². The maximum atomic E-state index is 8.33. The number of carbonyl (C=O) groups excluding carboxylic acids is 1. The van der Waals surface area contributed by atoms with Gasteiger partial charge in [0.05, 0.1) is 11.1 Å². The minimum atomic E-state index is -2.33. The van der Waals surface area contributed by atoms with Gasteiger partial charge in [-0.25, -0.2) is 0 Å². The Kier molecular flexibility index (Phi) is 16.0. The van der Waals surface area contributed by atoms with Crippen LogP contribution in [-0.4, -0.2) is 17.2 Å². The highest BCUT2D eigenvalue weighted by Crippen LogP contribution is 2.12. The van der Waals surface area contributed by atoms with Gasteiger partial charge in [0.2, 0.25) is 0 Å². The fourth-order valence-corrected chi connectivity index (χ4v) is 1.50. The molecule has 0 aliphatic carbocycles. The standard InChI is InChI=1S/2C7H17N.CH2O3/c2*1-4-7(8,5-2)6-3;2-1(3)4/h2*4-6,8H2,1-3H3;(H2,2,3,4). The van der Waals surface area contributed by atoms with E-state index in [9.17, 15) is 0 Å². The summed E-state index contributed by atoms with van der Waals surface area (Å²) >= 11 is 0. The van der Waals surface area contributed by atoms with Gasteiger partial charge in [0, 0.05) is 0 Å². The van der Waals surface area contributed by atoms with Crippen molar-refractivity contribution in [3.05, 3.63) is 0 Å². The average Bonchev–Trinajstić information content (AvgIpc) is 2.45. The molecule has 0 aliphatic heterocycles. The van der Waals surface area contributed by atoms with Gasteiger partial charge < -0.3 is 26.5 Å². The van der Waals surface area contributed by atoms with Crippen molar-refractivity contribution in [3.63, 3.8) is 0 Å². The highest BCUT2D eigenvalue weighted by atomic mass is 16.6. The van der Waals surface area contributed by atoms with E-state index in [2.05, 4.69) is 53.0 Å². The molecule has 0 aliphatic rings. The van der Waals surface area contributed by atoms with E-state index in [1.807, 2.05) is 0 Å². The molecule has 0 saturated carbocycles. The highest BCUT2D eigenvalue weighted by Gasteiger charge is 2.21. The third-order valence-corrected chi connectivity index (χ3v) is 4.50. The van der Waals surface area contributed by atoms with E-state index in [4.69, 9.17) is 15.0 Å². The van der Waals surface area contributed by atoms with Gasteiger partial charge >= 0.3 is 0 Å². The molecule has 0 saturated heterocycles. The van der Waals surface area contributed by atoms with Crippen molar-refractivity contribution in [1.82, 2.24) is 0 Å². The summed E-state index contributed by atoms with van der Waals surface area (Å²) in [4.78, 5) is 8.33. The zero-order valence-corrected chi connectivity index (χ0v) is 14.4. The van der Waals surface area contributed by atoms with Crippen LogP contribution in [0.2, 0.25) is 0 Å². The maximum Gasteiger partial charge on any atom is 0.0937 e. The summed E-state index contributed by atoms with van der Waals surface area (Å²) in [6, 6.07) is 0. The topological polar surface area (TPSA) is 118 Å². The lowest BCUT2D eigenvalue weighted by Gasteiger charge is -2.19.